The molecule has 0 saturated heterocycles. The van der Waals surface area contributed by atoms with Gasteiger partial charge in [-0.2, -0.15) is 0 Å². The molecule has 0 aromatic rings. The number of aliphatic hydroxyl groups is 1. The van der Waals surface area contributed by atoms with Crippen molar-refractivity contribution in [1.29, 1.82) is 0 Å². The van der Waals surface area contributed by atoms with Crippen LogP contribution in [0.4, 0.5) is 0 Å². The fraction of sp³-hybridized carbons (Fsp3) is 0.982. The summed E-state index contributed by atoms with van der Waals surface area (Å²) in [6.45, 7) is 5.43. The molecule has 1 N–H and O–H groups in total. The van der Waals surface area contributed by atoms with Gasteiger partial charge in [-0.1, -0.05) is 303 Å². The second-order valence-corrected chi connectivity index (χ2v) is 19.0. The van der Waals surface area contributed by atoms with Gasteiger partial charge in [0.05, 0.1) is 13.2 Å². The molecule has 0 rings (SSSR count). The van der Waals surface area contributed by atoms with Crippen LogP contribution >= 0.6 is 0 Å². The molecule has 4 nitrogen and oxygen atoms in total. The molecule has 0 amide bonds. The van der Waals surface area contributed by atoms with Gasteiger partial charge < -0.3 is 14.6 Å². The summed E-state index contributed by atoms with van der Waals surface area (Å²) in [5, 5.41) is 9.67. The number of ether oxygens (including phenoxy) is 2. The highest BCUT2D eigenvalue weighted by atomic mass is 16.6. The maximum absolute atomic E-state index is 12.3. The van der Waals surface area contributed by atoms with E-state index >= 15 is 0 Å². The number of aliphatic hydroxyl groups excluding tert-OH is 1. The van der Waals surface area contributed by atoms with Gasteiger partial charge in [-0.15, -0.1) is 0 Å². The van der Waals surface area contributed by atoms with Gasteiger partial charge in [0.15, 0.2) is 0 Å². The minimum atomic E-state index is -0.526. The molecule has 0 bridgehead atoms. The van der Waals surface area contributed by atoms with Gasteiger partial charge >= 0.3 is 5.97 Å². The number of hydrogen-bond donors (Lipinski definition) is 1. The molecule has 1 atom stereocenters. The largest absolute Gasteiger partial charge is 0.457 e. The zero-order valence-electron chi connectivity index (χ0n) is 40.8. The Morgan fingerprint density at radius 2 is 0.559 bits per heavy atom. The van der Waals surface area contributed by atoms with E-state index in [4.69, 9.17) is 9.47 Å². The Kier molecular flexibility index (Phi) is 53.0. The first-order valence-corrected chi connectivity index (χ1v) is 27.6. The van der Waals surface area contributed by atoms with Crippen LogP contribution in [0.3, 0.4) is 0 Å². The third kappa shape index (κ3) is 51.6. The summed E-state index contributed by atoms with van der Waals surface area (Å²) in [6.07, 6.45) is 65.1. The number of hydrogen-bond acceptors (Lipinski definition) is 4. The lowest BCUT2D eigenvalue weighted by molar-refractivity contribution is -0.154. The van der Waals surface area contributed by atoms with E-state index in [2.05, 4.69) is 13.8 Å². The summed E-state index contributed by atoms with van der Waals surface area (Å²) < 4.78 is 11.2. The van der Waals surface area contributed by atoms with Gasteiger partial charge in [0.25, 0.3) is 0 Å². The van der Waals surface area contributed by atoms with E-state index in [0.29, 0.717) is 19.6 Å². The Balaban J connectivity index is 3.31. The molecule has 0 aromatic carbocycles. The van der Waals surface area contributed by atoms with Gasteiger partial charge in [0, 0.05) is 13.0 Å². The zero-order valence-corrected chi connectivity index (χ0v) is 40.8. The summed E-state index contributed by atoms with van der Waals surface area (Å²) in [4.78, 5) is 12.3. The fourth-order valence-corrected chi connectivity index (χ4v) is 8.80. The van der Waals surface area contributed by atoms with Crippen molar-refractivity contribution in [2.75, 3.05) is 19.8 Å². The number of esters is 1. The highest BCUT2D eigenvalue weighted by Crippen LogP contribution is 2.18. The summed E-state index contributed by atoms with van der Waals surface area (Å²) >= 11 is 0. The SMILES string of the molecule is CCCCCCCCCCCCCCCCCCCCCCCCCCOCC(CO)OC(=O)CCCCCCCCCCCCCCCCCCCCCCCCC. The molecule has 0 radical (unpaired) electrons. The number of rotatable bonds is 53. The fourth-order valence-electron chi connectivity index (χ4n) is 8.80. The van der Waals surface area contributed by atoms with Crippen LogP contribution in [0, 0.1) is 0 Å². The molecule has 1 unspecified atom stereocenters. The third-order valence-corrected chi connectivity index (χ3v) is 12.9. The average Bonchev–Trinajstić information content (AvgIpc) is 3.24. The maximum Gasteiger partial charge on any atom is 0.306 e. The maximum atomic E-state index is 12.3. The van der Waals surface area contributed by atoms with Gasteiger partial charge in [-0.3, -0.25) is 4.79 Å². The van der Waals surface area contributed by atoms with Gasteiger partial charge in [0.1, 0.15) is 6.10 Å². The third-order valence-electron chi connectivity index (χ3n) is 12.9. The van der Waals surface area contributed by atoms with E-state index in [0.717, 1.165) is 19.3 Å². The van der Waals surface area contributed by atoms with Crippen LogP contribution in [0.15, 0.2) is 0 Å². The molecular formula is C55H110O4. The van der Waals surface area contributed by atoms with E-state index in [-0.39, 0.29) is 12.6 Å². The van der Waals surface area contributed by atoms with E-state index in [1.807, 2.05) is 0 Å². The summed E-state index contributed by atoms with van der Waals surface area (Å²) in [5.74, 6) is -0.189. The van der Waals surface area contributed by atoms with E-state index in [1.165, 1.54) is 283 Å². The highest BCUT2D eigenvalue weighted by Gasteiger charge is 2.13. The average molecular weight is 835 g/mol. The molecule has 0 aliphatic rings. The van der Waals surface area contributed by atoms with Crippen molar-refractivity contribution in [2.45, 2.75) is 328 Å². The zero-order chi connectivity index (χ0) is 42.6. The van der Waals surface area contributed by atoms with Crippen LogP contribution < -0.4 is 0 Å². The predicted molar refractivity (Wildman–Crippen MR) is 261 cm³/mol. The Morgan fingerprint density at radius 1 is 0.339 bits per heavy atom. The quantitative estimate of drug-likeness (QED) is 0.0490. The van der Waals surface area contributed by atoms with Gasteiger partial charge in [-0.05, 0) is 12.8 Å². The highest BCUT2D eigenvalue weighted by molar-refractivity contribution is 5.69. The lowest BCUT2D eigenvalue weighted by Crippen LogP contribution is -2.27. The van der Waals surface area contributed by atoms with Crippen LogP contribution in [0.2, 0.25) is 0 Å². The summed E-state index contributed by atoms with van der Waals surface area (Å²) in [6, 6.07) is 0. The summed E-state index contributed by atoms with van der Waals surface area (Å²) in [7, 11) is 0. The van der Waals surface area contributed by atoms with E-state index < -0.39 is 6.10 Å². The first kappa shape index (κ1) is 58.4. The van der Waals surface area contributed by atoms with Crippen LogP contribution in [0.1, 0.15) is 322 Å². The van der Waals surface area contributed by atoms with Crippen LogP contribution in [0.5, 0.6) is 0 Å². The second-order valence-electron chi connectivity index (χ2n) is 19.0. The van der Waals surface area contributed by atoms with Crippen molar-refractivity contribution in [1.82, 2.24) is 0 Å². The molecule has 354 valence electrons. The van der Waals surface area contributed by atoms with E-state index in [9.17, 15) is 9.90 Å². The molecule has 0 aliphatic heterocycles. The lowest BCUT2D eigenvalue weighted by Gasteiger charge is -2.16. The Labute approximate surface area is 372 Å². The molecule has 0 saturated carbocycles. The Bertz CT molecular complexity index is 755. The minimum Gasteiger partial charge on any atom is -0.457 e. The molecule has 0 aliphatic carbocycles. The molecule has 0 fully saturated rings. The number of unbranched alkanes of at least 4 members (excludes halogenated alkanes) is 45. The molecular weight excluding hydrogens is 725 g/mol. The van der Waals surface area contributed by atoms with E-state index in [1.54, 1.807) is 0 Å². The van der Waals surface area contributed by atoms with Crippen molar-refractivity contribution >= 4 is 5.97 Å². The predicted octanol–water partition coefficient (Wildman–Crippen LogP) is 18.7. The molecule has 0 aromatic heterocycles. The van der Waals surface area contributed by atoms with Gasteiger partial charge in [0.2, 0.25) is 0 Å². The standard InChI is InChI=1S/C55H110O4/c1-3-5-7-9-11-13-15-17-19-21-23-25-27-29-31-33-35-37-39-41-43-45-47-49-51-58-53-54(52-56)59-55(57)50-48-46-44-42-40-38-36-34-32-30-28-26-24-22-20-18-16-14-12-10-8-6-4-2/h54,56H,3-53H2,1-2H3. The second kappa shape index (κ2) is 53.5. The number of carbonyl (C=O) groups excluding carboxylic acids is 1. The van der Waals surface area contributed by atoms with Crippen LogP contribution in [-0.2, 0) is 14.3 Å². The molecule has 0 heterocycles. The van der Waals surface area contributed by atoms with Crippen molar-refractivity contribution in [3.05, 3.63) is 0 Å². The first-order valence-electron chi connectivity index (χ1n) is 27.6. The van der Waals surface area contributed by atoms with Gasteiger partial charge in [-0.25, -0.2) is 0 Å². The minimum absolute atomic E-state index is 0.162. The van der Waals surface area contributed by atoms with Crippen LogP contribution in [-0.4, -0.2) is 37.0 Å². The topological polar surface area (TPSA) is 55.8 Å². The number of carbonyl (C=O) groups is 1. The molecule has 59 heavy (non-hydrogen) atoms. The Morgan fingerprint density at radius 3 is 0.797 bits per heavy atom. The van der Waals surface area contributed by atoms with Crippen molar-refractivity contribution in [2.24, 2.45) is 0 Å². The van der Waals surface area contributed by atoms with Crippen molar-refractivity contribution < 1.29 is 19.4 Å². The van der Waals surface area contributed by atoms with Crippen molar-refractivity contribution in [3.8, 4) is 0 Å². The summed E-state index contributed by atoms with van der Waals surface area (Å²) in [5.41, 5.74) is 0. The monoisotopic (exact) mass is 835 g/mol. The lowest BCUT2D eigenvalue weighted by atomic mass is 10.0. The Hall–Kier alpha value is -0.610. The smallest absolute Gasteiger partial charge is 0.306 e. The first-order chi connectivity index (χ1) is 29.2. The van der Waals surface area contributed by atoms with Crippen LogP contribution in [0.25, 0.3) is 0 Å². The normalized spacial score (nSPS) is 12.1. The van der Waals surface area contributed by atoms with Crippen molar-refractivity contribution in [3.63, 3.8) is 0 Å². The molecule has 0 spiro atoms. The molecule has 4 heteroatoms.